The Morgan fingerprint density at radius 3 is 2.22 bits per heavy atom. The number of rotatable bonds is 6. The second kappa shape index (κ2) is 7.54. The molecule has 0 radical (unpaired) electrons. The Morgan fingerprint density at radius 2 is 1.57 bits per heavy atom. The molecule has 0 aliphatic rings. The number of hydrogen-bond donors (Lipinski definition) is 0. The first-order valence-electron chi connectivity index (χ1n) is 7.20. The zero-order chi connectivity index (χ0) is 16.8. The predicted molar refractivity (Wildman–Crippen MR) is 88.3 cm³/mol. The van der Waals surface area contributed by atoms with Gasteiger partial charge < -0.3 is 19.1 Å². The van der Waals surface area contributed by atoms with Gasteiger partial charge in [0.25, 0.3) is 5.91 Å². The van der Waals surface area contributed by atoms with Gasteiger partial charge in [0, 0.05) is 13.6 Å². The third kappa shape index (κ3) is 3.74. The molecule has 0 spiro atoms. The van der Waals surface area contributed by atoms with Crippen molar-refractivity contribution >= 4 is 5.91 Å². The molecule has 0 aliphatic heterocycles. The highest BCUT2D eigenvalue weighted by molar-refractivity contribution is 5.96. The fourth-order valence-corrected chi connectivity index (χ4v) is 2.35. The molecule has 0 unspecified atom stereocenters. The number of benzene rings is 2. The van der Waals surface area contributed by atoms with E-state index in [0.717, 1.165) is 5.56 Å². The van der Waals surface area contributed by atoms with E-state index in [0.29, 0.717) is 29.4 Å². The van der Waals surface area contributed by atoms with Crippen LogP contribution in [0.1, 0.15) is 15.9 Å². The zero-order valence-electron chi connectivity index (χ0n) is 13.8. The Labute approximate surface area is 136 Å². The maximum atomic E-state index is 12.6. The molecule has 23 heavy (non-hydrogen) atoms. The van der Waals surface area contributed by atoms with Crippen molar-refractivity contribution in [3.05, 3.63) is 53.6 Å². The third-order valence-electron chi connectivity index (χ3n) is 3.55. The first-order chi connectivity index (χ1) is 11.1. The van der Waals surface area contributed by atoms with E-state index >= 15 is 0 Å². The summed E-state index contributed by atoms with van der Waals surface area (Å²) >= 11 is 0. The minimum atomic E-state index is -0.0998. The Bertz CT molecular complexity index is 684. The summed E-state index contributed by atoms with van der Waals surface area (Å²) in [5.74, 6) is 1.77. The van der Waals surface area contributed by atoms with Gasteiger partial charge in [0.15, 0.2) is 11.5 Å². The van der Waals surface area contributed by atoms with E-state index in [1.165, 1.54) is 0 Å². The van der Waals surface area contributed by atoms with Gasteiger partial charge in [-0.25, -0.2) is 0 Å². The highest BCUT2D eigenvalue weighted by atomic mass is 16.5. The van der Waals surface area contributed by atoms with Crippen LogP contribution in [0.25, 0.3) is 0 Å². The normalized spacial score (nSPS) is 10.1. The van der Waals surface area contributed by atoms with Gasteiger partial charge in [-0.15, -0.1) is 0 Å². The summed E-state index contributed by atoms with van der Waals surface area (Å²) in [7, 11) is 6.49. The van der Waals surface area contributed by atoms with Crippen LogP contribution in [0.5, 0.6) is 17.2 Å². The number of hydrogen-bond acceptors (Lipinski definition) is 4. The molecule has 0 N–H and O–H groups in total. The fraction of sp³-hybridized carbons (Fsp3) is 0.278. The van der Waals surface area contributed by atoms with Gasteiger partial charge in [-0.05, 0) is 29.8 Å². The van der Waals surface area contributed by atoms with Crippen LogP contribution in [0.4, 0.5) is 0 Å². The van der Waals surface area contributed by atoms with Crippen molar-refractivity contribution in [2.45, 2.75) is 6.54 Å². The second-order valence-electron chi connectivity index (χ2n) is 5.05. The van der Waals surface area contributed by atoms with Crippen LogP contribution in [0, 0.1) is 0 Å². The molecule has 5 heteroatoms. The molecule has 0 saturated heterocycles. The molecular weight excluding hydrogens is 294 g/mol. The molecule has 5 nitrogen and oxygen atoms in total. The Balaban J connectivity index is 2.18. The Hall–Kier alpha value is -2.69. The van der Waals surface area contributed by atoms with Crippen molar-refractivity contribution < 1.29 is 19.0 Å². The summed E-state index contributed by atoms with van der Waals surface area (Å²) in [5.41, 5.74) is 1.49. The number of amides is 1. The minimum Gasteiger partial charge on any atom is -0.496 e. The Morgan fingerprint density at radius 1 is 0.913 bits per heavy atom. The number of para-hydroxylation sites is 1. The van der Waals surface area contributed by atoms with E-state index in [1.807, 2.05) is 30.3 Å². The van der Waals surface area contributed by atoms with Crippen LogP contribution in [-0.2, 0) is 6.54 Å². The molecule has 1 amide bonds. The third-order valence-corrected chi connectivity index (χ3v) is 3.55. The molecule has 0 saturated carbocycles. The van der Waals surface area contributed by atoms with Crippen LogP contribution in [0.15, 0.2) is 42.5 Å². The molecule has 122 valence electrons. The van der Waals surface area contributed by atoms with Crippen LogP contribution >= 0.6 is 0 Å². The first-order valence-corrected chi connectivity index (χ1v) is 7.20. The Kier molecular flexibility index (Phi) is 5.46. The maximum absolute atomic E-state index is 12.6. The van der Waals surface area contributed by atoms with Crippen LogP contribution < -0.4 is 14.2 Å². The van der Waals surface area contributed by atoms with Gasteiger partial charge >= 0.3 is 0 Å². The van der Waals surface area contributed by atoms with Crippen LogP contribution in [-0.4, -0.2) is 39.2 Å². The monoisotopic (exact) mass is 315 g/mol. The number of carbonyl (C=O) groups excluding carboxylic acids is 1. The highest BCUT2D eigenvalue weighted by Gasteiger charge is 2.17. The van der Waals surface area contributed by atoms with Gasteiger partial charge in [0.1, 0.15) is 5.75 Å². The van der Waals surface area contributed by atoms with Crippen LogP contribution in [0.3, 0.4) is 0 Å². The summed E-state index contributed by atoms with van der Waals surface area (Å²) in [6, 6.07) is 12.8. The van der Waals surface area contributed by atoms with Crippen molar-refractivity contribution in [3.63, 3.8) is 0 Å². The van der Waals surface area contributed by atoms with Crippen molar-refractivity contribution in [2.24, 2.45) is 0 Å². The summed E-state index contributed by atoms with van der Waals surface area (Å²) in [5, 5.41) is 0. The number of ether oxygens (including phenoxy) is 3. The lowest BCUT2D eigenvalue weighted by Crippen LogP contribution is -2.26. The van der Waals surface area contributed by atoms with E-state index in [1.54, 1.807) is 45.4 Å². The van der Waals surface area contributed by atoms with E-state index in [4.69, 9.17) is 14.2 Å². The van der Waals surface area contributed by atoms with Gasteiger partial charge in [0.05, 0.1) is 26.9 Å². The van der Waals surface area contributed by atoms with Crippen molar-refractivity contribution in [3.8, 4) is 17.2 Å². The van der Waals surface area contributed by atoms with E-state index in [2.05, 4.69) is 0 Å². The molecule has 2 aromatic carbocycles. The van der Waals surface area contributed by atoms with Gasteiger partial charge in [-0.2, -0.15) is 0 Å². The maximum Gasteiger partial charge on any atom is 0.257 e. The van der Waals surface area contributed by atoms with Crippen molar-refractivity contribution in [1.82, 2.24) is 4.90 Å². The van der Waals surface area contributed by atoms with E-state index in [-0.39, 0.29) is 5.91 Å². The average molecular weight is 315 g/mol. The number of nitrogens with zero attached hydrogens (tertiary/aromatic N) is 1. The zero-order valence-corrected chi connectivity index (χ0v) is 13.8. The average Bonchev–Trinajstić information content (AvgIpc) is 2.60. The van der Waals surface area contributed by atoms with Gasteiger partial charge in [0.2, 0.25) is 0 Å². The summed E-state index contributed by atoms with van der Waals surface area (Å²) < 4.78 is 15.8. The molecule has 0 atom stereocenters. The lowest BCUT2D eigenvalue weighted by molar-refractivity contribution is 0.0781. The van der Waals surface area contributed by atoms with Crippen molar-refractivity contribution in [1.29, 1.82) is 0 Å². The second-order valence-corrected chi connectivity index (χ2v) is 5.05. The minimum absolute atomic E-state index is 0.0998. The molecule has 0 aromatic heterocycles. The lowest BCUT2D eigenvalue weighted by Gasteiger charge is -2.19. The van der Waals surface area contributed by atoms with Crippen molar-refractivity contribution in [2.75, 3.05) is 28.4 Å². The molecule has 0 fully saturated rings. The van der Waals surface area contributed by atoms with Gasteiger partial charge in [-0.3, -0.25) is 4.79 Å². The van der Waals surface area contributed by atoms with Crippen LogP contribution in [0.2, 0.25) is 0 Å². The predicted octanol–water partition coefficient (Wildman–Crippen LogP) is 2.98. The topological polar surface area (TPSA) is 48.0 Å². The lowest BCUT2D eigenvalue weighted by atomic mass is 10.1. The number of carbonyl (C=O) groups is 1. The molecule has 0 aliphatic carbocycles. The molecule has 0 heterocycles. The number of methoxy groups -OCH3 is 3. The quantitative estimate of drug-likeness (QED) is 0.822. The summed E-state index contributed by atoms with van der Waals surface area (Å²) in [6.45, 7) is 0.456. The standard InChI is InChI=1S/C18H21NO4/c1-19(18(20)14-7-5-6-8-15(14)21-2)12-13-9-10-16(22-3)17(11-13)23-4/h5-11H,12H2,1-4H3. The molecule has 2 aromatic rings. The summed E-state index contributed by atoms with van der Waals surface area (Å²) in [6.07, 6.45) is 0. The largest absolute Gasteiger partial charge is 0.496 e. The van der Waals surface area contributed by atoms with E-state index < -0.39 is 0 Å². The SMILES string of the molecule is COc1ccc(CN(C)C(=O)c2ccccc2OC)cc1OC. The highest BCUT2D eigenvalue weighted by Crippen LogP contribution is 2.28. The van der Waals surface area contributed by atoms with E-state index in [9.17, 15) is 4.79 Å². The molecule has 0 bridgehead atoms. The molecular formula is C18H21NO4. The first kappa shape index (κ1) is 16.7. The van der Waals surface area contributed by atoms with Gasteiger partial charge in [-0.1, -0.05) is 18.2 Å². The molecule has 2 rings (SSSR count). The fourth-order valence-electron chi connectivity index (χ4n) is 2.35. The summed E-state index contributed by atoms with van der Waals surface area (Å²) in [4.78, 5) is 14.2. The smallest absolute Gasteiger partial charge is 0.257 e.